The molecule has 1 atom stereocenters. The van der Waals surface area contributed by atoms with Crippen molar-refractivity contribution >= 4 is 17.0 Å². The molecule has 1 N–H and O–H groups in total. The van der Waals surface area contributed by atoms with Crippen molar-refractivity contribution in [1.82, 2.24) is 20.4 Å². The van der Waals surface area contributed by atoms with Gasteiger partial charge in [-0.25, -0.2) is 4.98 Å². The number of aryl methyl sites for hydroxylation is 3. The van der Waals surface area contributed by atoms with E-state index < -0.39 is 0 Å². The van der Waals surface area contributed by atoms with Crippen molar-refractivity contribution < 1.29 is 13.7 Å². The number of rotatable bonds is 5. The summed E-state index contributed by atoms with van der Waals surface area (Å²) in [7, 11) is 0. The summed E-state index contributed by atoms with van der Waals surface area (Å²) >= 11 is 0. The molecule has 0 aromatic carbocycles. The number of aromatic nitrogens is 2. The summed E-state index contributed by atoms with van der Waals surface area (Å²) < 4.78 is 11.1. The maximum Gasteiger partial charge on any atom is 0.259 e. The lowest BCUT2D eigenvalue weighted by molar-refractivity contribution is 0.0694. The minimum atomic E-state index is 0.00775. The molecule has 0 bridgehead atoms. The van der Waals surface area contributed by atoms with Crippen LogP contribution in [-0.4, -0.2) is 46.6 Å². The van der Waals surface area contributed by atoms with E-state index in [4.69, 9.17) is 8.94 Å². The average Bonchev–Trinajstić information content (AvgIpc) is 3.40. The van der Waals surface area contributed by atoms with Gasteiger partial charge in [0.15, 0.2) is 0 Å². The van der Waals surface area contributed by atoms with Gasteiger partial charge in [-0.15, -0.1) is 0 Å². The maximum absolute atomic E-state index is 13.6. The Hall–Kier alpha value is -2.67. The molecule has 0 saturated carbocycles. The molecule has 3 aromatic rings. The monoisotopic (exact) mass is 382 g/mol. The largest absolute Gasteiger partial charge is 0.466 e. The molecule has 1 amide bonds. The Morgan fingerprint density at radius 2 is 2.14 bits per heavy atom. The summed E-state index contributed by atoms with van der Waals surface area (Å²) in [6, 6.07) is 4.00. The van der Waals surface area contributed by atoms with Gasteiger partial charge in [0.05, 0.1) is 22.3 Å². The van der Waals surface area contributed by atoms with E-state index in [1.807, 2.05) is 37.8 Å². The van der Waals surface area contributed by atoms with E-state index in [-0.39, 0.29) is 11.9 Å². The first kappa shape index (κ1) is 18.7. The second-order valence-corrected chi connectivity index (χ2v) is 7.48. The van der Waals surface area contributed by atoms with E-state index in [1.54, 1.807) is 0 Å². The molecular weight excluding hydrogens is 356 g/mol. The SMILES string of the molecule is CCCN(C(=O)c1cc(-c2cc(C)oc2C)nc2onc(C)c12)C1CCNC1. The van der Waals surface area contributed by atoms with E-state index in [1.165, 1.54) is 0 Å². The zero-order valence-electron chi connectivity index (χ0n) is 16.8. The van der Waals surface area contributed by atoms with Gasteiger partial charge in [-0.05, 0) is 52.3 Å². The van der Waals surface area contributed by atoms with E-state index in [0.717, 1.165) is 49.6 Å². The number of hydrogen-bond donors (Lipinski definition) is 1. The van der Waals surface area contributed by atoms with Crippen LogP contribution in [0.3, 0.4) is 0 Å². The quantitative estimate of drug-likeness (QED) is 0.725. The maximum atomic E-state index is 13.6. The molecule has 0 spiro atoms. The molecule has 1 saturated heterocycles. The second kappa shape index (κ2) is 7.39. The van der Waals surface area contributed by atoms with Crippen molar-refractivity contribution in [3.8, 4) is 11.3 Å². The van der Waals surface area contributed by atoms with Crippen LogP contribution < -0.4 is 5.32 Å². The Kier molecular flexibility index (Phi) is 4.93. The van der Waals surface area contributed by atoms with Gasteiger partial charge in [0.25, 0.3) is 11.6 Å². The van der Waals surface area contributed by atoms with E-state index in [0.29, 0.717) is 28.1 Å². The highest BCUT2D eigenvalue weighted by molar-refractivity contribution is 6.07. The third kappa shape index (κ3) is 3.20. The number of carbonyl (C=O) groups is 1. The molecule has 1 aliphatic rings. The Morgan fingerprint density at radius 1 is 1.32 bits per heavy atom. The smallest absolute Gasteiger partial charge is 0.259 e. The Bertz CT molecular complexity index is 1010. The number of nitrogens with zero attached hydrogens (tertiary/aromatic N) is 3. The molecule has 28 heavy (non-hydrogen) atoms. The number of pyridine rings is 1. The fourth-order valence-electron chi connectivity index (χ4n) is 4.04. The first-order chi connectivity index (χ1) is 13.5. The first-order valence-electron chi connectivity index (χ1n) is 9.85. The molecule has 4 rings (SSSR count). The van der Waals surface area contributed by atoms with E-state index in [9.17, 15) is 4.79 Å². The van der Waals surface area contributed by atoms with Gasteiger partial charge in [0, 0.05) is 24.7 Å². The number of fused-ring (bicyclic) bond motifs is 1. The molecule has 148 valence electrons. The minimum Gasteiger partial charge on any atom is -0.466 e. The number of furan rings is 1. The van der Waals surface area contributed by atoms with Crippen LogP contribution in [0.4, 0.5) is 0 Å². The van der Waals surface area contributed by atoms with Gasteiger partial charge >= 0.3 is 0 Å². The van der Waals surface area contributed by atoms with Crippen molar-refractivity contribution in [3.63, 3.8) is 0 Å². The molecule has 1 fully saturated rings. The summed E-state index contributed by atoms with van der Waals surface area (Å²) in [5.74, 6) is 1.58. The van der Waals surface area contributed by atoms with E-state index in [2.05, 4.69) is 22.4 Å². The van der Waals surface area contributed by atoms with Crippen LogP contribution in [0.25, 0.3) is 22.4 Å². The summed E-state index contributed by atoms with van der Waals surface area (Å²) in [6.45, 7) is 10.2. The van der Waals surface area contributed by atoms with E-state index >= 15 is 0 Å². The lowest BCUT2D eigenvalue weighted by atomic mass is 10.0. The zero-order chi connectivity index (χ0) is 19.8. The number of hydrogen-bond acceptors (Lipinski definition) is 6. The molecule has 4 heterocycles. The number of amides is 1. The van der Waals surface area contributed by atoms with Crippen LogP contribution in [0, 0.1) is 20.8 Å². The highest BCUT2D eigenvalue weighted by atomic mass is 16.5. The van der Waals surface area contributed by atoms with Crippen molar-refractivity contribution in [2.45, 2.75) is 46.6 Å². The predicted molar refractivity (Wildman–Crippen MR) is 106 cm³/mol. The third-order valence-electron chi connectivity index (χ3n) is 5.36. The zero-order valence-corrected chi connectivity index (χ0v) is 16.8. The topological polar surface area (TPSA) is 84.4 Å². The predicted octanol–water partition coefficient (Wildman–Crippen LogP) is 3.62. The number of nitrogens with one attached hydrogen (secondary N) is 1. The highest BCUT2D eigenvalue weighted by Gasteiger charge is 2.30. The molecule has 7 nitrogen and oxygen atoms in total. The van der Waals surface area contributed by atoms with Crippen molar-refractivity contribution in [2.75, 3.05) is 19.6 Å². The molecule has 1 aliphatic heterocycles. The first-order valence-corrected chi connectivity index (χ1v) is 9.85. The number of carbonyl (C=O) groups excluding carboxylic acids is 1. The van der Waals surface area contributed by atoms with Gasteiger partial charge in [-0.2, -0.15) is 0 Å². The Balaban J connectivity index is 1.85. The summed E-state index contributed by atoms with van der Waals surface area (Å²) in [5.41, 5.74) is 3.20. The van der Waals surface area contributed by atoms with Gasteiger partial charge < -0.3 is 19.2 Å². The molecule has 3 aromatic heterocycles. The fourth-order valence-corrected chi connectivity index (χ4v) is 4.04. The fraction of sp³-hybridized carbons (Fsp3) is 0.476. The molecular formula is C21H26N4O3. The second-order valence-electron chi connectivity index (χ2n) is 7.48. The standard InChI is InChI=1S/C21H26N4O3/c1-5-8-25(15-6-7-22-11-15)21(26)17-10-18(16-9-12(2)27-14(16)4)23-20-19(17)13(3)24-28-20/h9-10,15,22H,5-8,11H2,1-4H3. The lowest BCUT2D eigenvalue weighted by Gasteiger charge is -2.28. The molecule has 7 heteroatoms. The van der Waals surface area contributed by atoms with Crippen molar-refractivity contribution in [3.05, 3.63) is 34.9 Å². The summed E-state index contributed by atoms with van der Waals surface area (Å²) in [6.07, 6.45) is 1.88. The van der Waals surface area contributed by atoms with Crippen LogP contribution in [0.1, 0.15) is 47.3 Å². The molecule has 0 aliphatic carbocycles. The molecule has 0 radical (unpaired) electrons. The lowest BCUT2D eigenvalue weighted by Crippen LogP contribution is -2.42. The van der Waals surface area contributed by atoms with Crippen molar-refractivity contribution in [2.24, 2.45) is 0 Å². The normalized spacial score (nSPS) is 16.8. The minimum absolute atomic E-state index is 0.00775. The summed E-state index contributed by atoms with van der Waals surface area (Å²) in [4.78, 5) is 20.2. The van der Waals surface area contributed by atoms with Gasteiger partial charge in [-0.3, -0.25) is 4.79 Å². The third-order valence-corrected chi connectivity index (χ3v) is 5.36. The Morgan fingerprint density at radius 3 is 2.79 bits per heavy atom. The highest BCUT2D eigenvalue weighted by Crippen LogP contribution is 2.31. The molecule has 1 unspecified atom stereocenters. The van der Waals surface area contributed by atoms with Crippen LogP contribution >= 0.6 is 0 Å². The average molecular weight is 382 g/mol. The Labute approximate surface area is 164 Å². The summed E-state index contributed by atoms with van der Waals surface area (Å²) in [5, 5.41) is 8.11. The van der Waals surface area contributed by atoms with Gasteiger partial charge in [0.2, 0.25) is 0 Å². The van der Waals surface area contributed by atoms with Crippen LogP contribution in [-0.2, 0) is 0 Å². The van der Waals surface area contributed by atoms with Crippen LogP contribution in [0.5, 0.6) is 0 Å². The van der Waals surface area contributed by atoms with Crippen LogP contribution in [0.15, 0.2) is 21.1 Å². The van der Waals surface area contributed by atoms with Gasteiger partial charge in [-0.1, -0.05) is 12.1 Å². The van der Waals surface area contributed by atoms with Crippen molar-refractivity contribution in [1.29, 1.82) is 0 Å². The van der Waals surface area contributed by atoms with Crippen LogP contribution in [0.2, 0.25) is 0 Å². The van der Waals surface area contributed by atoms with Gasteiger partial charge in [0.1, 0.15) is 11.5 Å².